The Morgan fingerprint density at radius 2 is 1.71 bits per heavy atom. The lowest BCUT2D eigenvalue weighted by Gasteiger charge is -2.30. The van der Waals surface area contributed by atoms with Crippen LogP contribution in [0.1, 0.15) is 25.0 Å². The summed E-state index contributed by atoms with van der Waals surface area (Å²) in [5, 5.41) is 3.16. The summed E-state index contributed by atoms with van der Waals surface area (Å²) >= 11 is 6.24. The smallest absolute Gasteiger partial charge is 0.243 e. The maximum atomic E-state index is 13.1. The molecule has 0 bridgehead atoms. The fourth-order valence-electron chi connectivity index (χ4n) is 2.97. The van der Waals surface area contributed by atoms with Gasteiger partial charge in [0.05, 0.1) is 11.4 Å². The summed E-state index contributed by atoms with van der Waals surface area (Å²) in [6.07, 6.45) is 0. The maximum Gasteiger partial charge on any atom is 0.243 e. The molecule has 0 fully saturated rings. The summed E-state index contributed by atoms with van der Waals surface area (Å²) in [5.41, 5.74) is 1.59. The van der Waals surface area contributed by atoms with Gasteiger partial charge in [-0.2, -0.15) is 4.31 Å². The van der Waals surface area contributed by atoms with Gasteiger partial charge in [0, 0.05) is 25.2 Å². The number of amides is 2. The molecule has 0 saturated carbocycles. The largest absolute Gasteiger partial charge is 0.355 e. The van der Waals surface area contributed by atoms with Crippen molar-refractivity contribution in [1.82, 2.24) is 14.5 Å². The molecule has 0 radical (unpaired) electrons. The quantitative estimate of drug-likeness (QED) is 0.617. The van der Waals surface area contributed by atoms with Crippen molar-refractivity contribution in [2.24, 2.45) is 0 Å². The summed E-state index contributed by atoms with van der Waals surface area (Å²) in [7, 11) is -2.52. The second kappa shape index (κ2) is 10.7. The van der Waals surface area contributed by atoms with Crippen molar-refractivity contribution in [3.63, 3.8) is 0 Å². The van der Waals surface area contributed by atoms with Gasteiger partial charge in [-0.15, -0.1) is 0 Å². The first-order valence-corrected chi connectivity index (χ1v) is 11.7. The standard InChI is InChI=1S/C22H28ClN3O4S/c1-5-24-22(28)17(3)26(14-18-8-6-7-9-20(18)23)21(27)15-25(4)31(29,30)19-12-10-16(2)11-13-19/h6-13,17H,5,14-15H2,1-4H3,(H,24,28)/t17-/m0/s1. The van der Waals surface area contributed by atoms with Crippen LogP contribution in [-0.2, 0) is 26.2 Å². The molecule has 0 aromatic heterocycles. The van der Waals surface area contributed by atoms with E-state index in [-0.39, 0.29) is 17.3 Å². The fourth-order valence-corrected chi connectivity index (χ4v) is 4.29. The third kappa shape index (κ3) is 6.29. The van der Waals surface area contributed by atoms with Gasteiger partial charge in [-0.1, -0.05) is 47.5 Å². The molecule has 0 unspecified atom stereocenters. The van der Waals surface area contributed by atoms with Crippen molar-refractivity contribution < 1.29 is 18.0 Å². The monoisotopic (exact) mass is 465 g/mol. The van der Waals surface area contributed by atoms with Crippen LogP contribution in [0.2, 0.25) is 5.02 Å². The molecular formula is C22H28ClN3O4S. The summed E-state index contributed by atoms with van der Waals surface area (Å²) < 4.78 is 26.7. The lowest BCUT2D eigenvalue weighted by Crippen LogP contribution is -2.50. The van der Waals surface area contributed by atoms with Gasteiger partial charge in [-0.3, -0.25) is 9.59 Å². The topological polar surface area (TPSA) is 86.8 Å². The molecule has 1 atom stereocenters. The maximum absolute atomic E-state index is 13.1. The van der Waals surface area contributed by atoms with Gasteiger partial charge >= 0.3 is 0 Å². The molecule has 168 valence electrons. The molecule has 2 aromatic rings. The van der Waals surface area contributed by atoms with Crippen molar-refractivity contribution in [3.05, 3.63) is 64.7 Å². The number of sulfonamides is 1. The Morgan fingerprint density at radius 1 is 1.10 bits per heavy atom. The number of benzene rings is 2. The van der Waals surface area contributed by atoms with E-state index in [1.54, 1.807) is 50.2 Å². The zero-order valence-electron chi connectivity index (χ0n) is 18.1. The highest BCUT2D eigenvalue weighted by atomic mass is 35.5. The van der Waals surface area contributed by atoms with E-state index in [0.717, 1.165) is 9.87 Å². The average molecular weight is 466 g/mol. The summed E-state index contributed by atoms with van der Waals surface area (Å²) in [6, 6.07) is 12.6. The molecule has 31 heavy (non-hydrogen) atoms. The molecule has 7 nitrogen and oxygen atoms in total. The minimum atomic E-state index is -3.86. The molecule has 9 heteroatoms. The molecule has 0 aliphatic rings. The first-order chi connectivity index (χ1) is 14.6. The van der Waals surface area contributed by atoms with Gasteiger partial charge in [0.25, 0.3) is 0 Å². The molecule has 1 N–H and O–H groups in total. The Morgan fingerprint density at radius 3 is 2.29 bits per heavy atom. The van der Waals surface area contributed by atoms with Crippen molar-refractivity contribution >= 4 is 33.4 Å². The molecule has 0 saturated heterocycles. The summed E-state index contributed by atoms with van der Waals surface area (Å²) in [5.74, 6) is -0.830. The van der Waals surface area contributed by atoms with Gasteiger partial charge in [0.2, 0.25) is 21.8 Å². The highest BCUT2D eigenvalue weighted by Crippen LogP contribution is 2.20. The van der Waals surface area contributed by atoms with E-state index < -0.39 is 28.5 Å². The number of aryl methyl sites for hydroxylation is 1. The van der Waals surface area contributed by atoms with Crippen LogP contribution in [-0.4, -0.2) is 55.6 Å². The highest BCUT2D eigenvalue weighted by Gasteiger charge is 2.30. The number of carbonyl (C=O) groups is 2. The Balaban J connectivity index is 2.28. The number of hydrogen-bond donors (Lipinski definition) is 1. The minimum absolute atomic E-state index is 0.0786. The van der Waals surface area contributed by atoms with E-state index >= 15 is 0 Å². The van der Waals surface area contributed by atoms with Crippen LogP contribution in [0.3, 0.4) is 0 Å². The van der Waals surface area contributed by atoms with E-state index in [1.807, 2.05) is 6.92 Å². The lowest BCUT2D eigenvalue weighted by molar-refractivity contribution is -0.140. The van der Waals surface area contributed by atoms with Crippen molar-refractivity contribution in [2.45, 2.75) is 38.3 Å². The number of nitrogens with zero attached hydrogens (tertiary/aromatic N) is 2. The van der Waals surface area contributed by atoms with E-state index in [0.29, 0.717) is 17.1 Å². The van der Waals surface area contributed by atoms with Gasteiger partial charge in [-0.25, -0.2) is 8.42 Å². The highest BCUT2D eigenvalue weighted by molar-refractivity contribution is 7.89. The van der Waals surface area contributed by atoms with Gasteiger partial charge in [0.15, 0.2) is 0 Å². The van der Waals surface area contributed by atoms with Crippen molar-refractivity contribution in [1.29, 1.82) is 0 Å². The third-order valence-corrected chi connectivity index (χ3v) is 7.09. The van der Waals surface area contributed by atoms with Gasteiger partial charge in [-0.05, 0) is 44.5 Å². The van der Waals surface area contributed by atoms with E-state index in [1.165, 1.54) is 24.1 Å². The van der Waals surface area contributed by atoms with Crippen LogP contribution >= 0.6 is 11.6 Å². The Bertz CT molecular complexity index is 1030. The first-order valence-electron chi connectivity index (χ1n) is 9.91. The number of rotatable bonds is 9. The fraction of sp³-hybridized carbons (Fsp3) is 0.364. The molecule has 0 spiro atoms. The predicted octanol–water partition coefficient (Wildman–Crippen LogP) is 2.82. The second-order valence-corrected chi connectivity index (χ2v) is 9.71. The van der Waals surface area contributed by atoms with Gasteiger partial charge < -0.3 is 10.2 Å². The summed E-state index contributed by atoms with van der Waals surface area (Å²) in [6.45, 7) is 5.33. The molecular weight excluding hydrogens is 438 g/mol. The zero-order valence-corrected chi connectivity index (χ0v) is 19.7. The normalized spacial score (nSPS) is 12.5. The summed E-state index contributed by atoms with van der Waals surface area (Å²) in [4.78, 5) is 27.0. The van der Waals surface area contributed by atoms with Crippen LogP contribution in [0.15, 0.2) is 53.4 Å². The Kier molecular flexibility index (Phi) is 8.61. The van der Waals surface area contributed by atoms with Crippen LogP contribution in [0.5, 0.6) is 0 Å². The SMILES string of the molecule is CCNC(=O)[C@H](C)N(Cc1ccccc1Cl)C(=O)CN(C)S(=O)(=O)c1ccc(C)cc1. The number of likely N-dealkylation sites (N-methyl/N-ethyl adjacent to an activating group) is 2. The number of hydrogen-bond acceptors (Lipinski definition) is 4. The lowest BCUT2D eigenvalue weighted by atomic mass is 10.1. The van der Waals surface area contributed by atoms with Crippen LogP contribution in [0, 0.1) is 6.92 Å². The number of nitrogens with one attached hydrogen (secondary N) is 1. The van der Waals surface area contributed by atoms with Crippen molar-refractivity contribution in [3.8, 4) is 0 Å². The number of halogens is 1. The Labute approximate surface area is 189 Å². The van der Waals surface area contributed by atoms with Gasteiger partial charge in [0.1, 0.15) is 6.04 Å². The molecule has 0 heterocycles. The van der Waals surface area contributed by atoms with Crippen LogP contribution in [0.4, 0.5) is 0 Å². The molecule has 2 amide bonds. The first kappa shape index (κ1) is 24.8. The number of carbonyl (C=O) groups excluding carboxylic acids is 2. The van der Waals surface area contributed by atoms with E-state index in [2.05, 4.69) is 5.32 Å². The van der Waals surface area contributed by atoms with Crippen LogP contribution in [0.25, 0.3) is 0 Å². The Hall–Kier alpha value is -2.42. The zero-order chi connectivity index (χ0) is 23.2. The molecule has 0 aliphatic heterocycles. The molecule has 2 rings (SSSR count). The minimum Gasteiger partial charge on any atom is -0.355 e. The van der Waals surface area contributed by atoms with Crippen LogP contribution < -0.4 is 5.32 Å². The second-order valence-electron chi connectivity index (χ2n) is 7.26. The molecule has 2 aromatic carbocycles. The predicted molar refractivity (Wildman–Crippen MR) is 121 cm³/mol. The van der Waals surface area contributed by atoms with E-state index in [9.17, 15) is 18.0 Å². The van der Waals surface area contributed by atoms with Crippen molar-refractivity contribution in [2.75, 3.05) is 20.1 Å². The van der Waals surface area contributed by atoms with E-state index in [4.69, 9.17) is 11.6 Å². The average Bonchev–Trinajstić information content (AvgIpc) is 2.73. The third-order valence-electron chi connectivity index (χ3n) is 4.90. The molecule has 0 aliphatic carbocycles.